The molecule has 0 spiro atoms. The molecule has 0 saturated carbocycles. The van der Waals surface area contributed by atoms with E-state index in [1.165, 1.54) is 5.56 Å². The van der Waals surface area contributed by atoms with Gasteiger partial charge in [-0.05, 0) is 48.7 Å². The van der Waals surface area contributed by atoms with Crippen LogP contribution in [0.15, 0.2) is 83.7 Å². The van der Waals surface area contributed by atoms with Crippen molar-refractivity contribution in [1.82, 2.24) is 24.1 Å². The number of para-hydroxylation sites is 2. The highest BCUT2D eigenvalue weighted by atomic mass is 16.1. The molecule has 6 heteroatoms. The molecule has 172 valence electrons. The molecule has 0 unspecified atom stereocenters. The Bertz CT molecular complexity index is 1770. The van der Waals surface area contributed by atoms with Crippen LogP contribution in [0.25, 0.3) is 38.9 Å². The molecule has 6 nitrogen and oxygen atoms in total. The molecule has 6 rings (SSSR count). The minimum Gasteiger partial charge on any atom is -0.296 e. The lowest BCUT2D eigenvalue weighted by Crippen LogP contribution is -2.26. The second kappa shape index (κ2) is 8.47. The molecule has 0 fully saturated rings. The molecule has 3 aromatic carbocycles. The fraction of sp³-hybridized carbons (Fsp3) is 0.172. The molecule has 0 radical (unpaired) electrons. The van der Waals surface area contributed by atoms with Crippen molar-refractivity contribution in [2.75, 3.05) is 0 Å². The van der Waals surface area contributed by atoms with Crippen LogP contribution in [0.5, 0.6) is 0 Å². The number of nitrogens with zero attached hydrogens (tertiary/aromatic N) is 5. The van der Waals surface area contributed by atoms with Gasteiger partial charge in [0.05, 0.1) is 11.0 Å². The van der Waals surface area contributed by atoms with E-state index < -0.39 is 0 Å². The van der Waals surface area contributed by atoms with Crippen molar-refractivity contribution in [3.63, 3.8) is 0 Å². The van der Waals surface area contributed by atoms with Crippen molar-refractivity contribution in [3.8, 4) is 5.69 Å². The minimum atomic E-state index is -0.0660. The van der Waals surface area contributed by atoms with Crippen LogP contribution in [0.2, 0.25) is 0 Å². The molecule has 6 aromatic rings. The van der Waals surface area contributed by atoms with Gasteiger partial charge in [-0.25, -0.2) is 15.0 Å². The quantitative estimate of drug-likeness (QED) is 0.346. The van der Waals surface area contributed by atoms with Crippen LogP contribution in [0.4, 0.5) is 0 Å². The summed E-state index contributed by atoms with van der Waals surface area (Å²) < 4.78 is 3.80. The van der Waals surface area contributed by atoms with E-state index in [-0.39, 0.29) is 5.56 Å². The number of aromatic nitrogens is 5. The van der Waals surface area contributed by atoms with E-state index in [0.717, 1.165) is 34.5 Å². The molecule has 0 bridgehead atoms. The van der Waals surface area contributed by atoms with E-state index >= 15 is 0 Å². The zero-order valence-electron chi connectivity index (χ0n) is 19.8. The molecule has 0 N–H and O–H groups in total. The third kappa shape index (κ3) is 3.58. The minimum absolute atomic E-state index is 0.0660. The Labute approximate surface area is 202 Å². The van der Waals surface area contributed by atoms with Gasteiger partial charge in [0.25, 0.3) is 5.56 Å². The van der Waals surface area contributed by atoms with Crippen molar-refractivity contribution in [2.45, 2.75) is 33.2 Å². The van der Waals surface area contributed by atoms with Crippen molar-refractivity contribution in [3.05, 3.63) is 106 Å². The molecular formula is C29H25N5O. The van der Waals surface area contributed by atoms with Gasteiger partial charge in [0.1, 0.15) is 16.7 Å². The van der Waals surface area contributed by atoms with E-state index in [2.05, 4.69) is 31.2 Å². The topological polar surface area (TPSA) is 65.6 Å². The molecule has 3 heterocycles. The fourth-order valence-corrected chi connectivity index (χ4v) is 4.77. The Hall–Kier alpha value is -4.32. The summed E-state index contributed by atoms with van der Waals surface area (Å²) in [6.45, 7) is 4.66. The van der Waals surface area contributed by atoms with Gasteiger partial charge in [-0.15, -0.1) is 0 Å². The number of benzene rings is 3. The Morgan fingerprint density at radius 3 is 2.29 bits per heavy atom. The van der Waals surface area contributed by atoms with Crippen LogP contribution >= 0.6 is 0 Å². The number of rotatable bonds is 5. The predicted octanol–water partition coefficient (Wildman–Crippen LogP) is 5.40. The molecular weight excluding hydrogens is 434 g/mol. The smallest absolute Gasteiger partial charge is 0.265 e. The maximum atomic E-state index is 14.0. The van der Waals surface area contributed by atoms with Crippen molar-refractivity contribution in [1.29, 1.82) is 0 Å². The van der Waals surface area contributed by atoms with Gasteiger partial charge in [0, 0.05) is 18.7 Å². The zero-order valence-corrected chi connectivity index (χ0v) is 19.8. The largest absolute Gasteiger partial charge is 0.296 e. The normalized spacial score (nSPS) is 11.6. The summed E-state index contributed by atoms with van der Waals surface area (Å²) in [5, 5.41) is 0.519. The second-order valence-corrected chi connectivity index (χ2v) is 8.83. The summed E-state index contributed by atoms with van der Waals surface area (Å²) >= 11 is 0. The van der Waals surface area contributed by atoms with Crippen LogP contribution in [-0.4, -0.2) is 24.1 Å². The van der Waals surface area contributed by atoms with Gasteiger partial charge in [0.2, 0.25) is 0 Å². The summed E-state index contributed by atoms with van der Waals surface area (Å²) in [5.41, 5.74) is 6.57. The van der Waals surface area contributed by atoms with Crippen LogP contribution in [-0.2, 0) is 19.4 Å². The SMILES string of the molecule is CCc1nc2c(c(=O)n1CCc1ccccc1)c1nc3ccccc3nc1n2-c1cccc(C)c1. The van der Waals surface area contributed by atoms with Gasteiger partial charge in [0.15, 0.2) is 11.3 Å². The van der Waals surface area contributed by atoms with E-state index in [4.69, 9.17) is 15.0 Å². The molecule has 0 aliphatic rings. The van der Waals surface area contributed by atoms with Crippen LogP contribution in [0, 0.1) is 6.92 Å². The first kappa shape index (κ1) is 21.2. The number of hydrogen-bond donors (Lipinski definition) is 0. The van der Waals surface area contributed by atoms with Crippen molar-refractivity contribution >= 4 is 33.2 Å². The summed E-state index contributed by atoms with van der Waals surface area (Å²) in [5.74, 6) is 0.764. The monoisotopic (exact) mass is 459 g/mol. The fourth-order valence-electron chi connectivity index (χ4n) is 4.77. The highest BCUT2D eigenvalue weighted by molar-refractivity contribution is 6.05. The van der Waals surface area contributed by atoms with Gasteiger partial charge < -0.3 is 0 Å². The van der Waals surface area contributed by atoms with Gasteiger partial charge in [-0.1, -0.05) is 61.5 Å². The van der Waals surface area contributed by atoms with Crippen LogP contribution in [0.1, 0.15) is 23.9 Å². The van der Waals surface area contributed by atoms with E-state index in [0.29, 0.717) is 35.2 Å². The first-order valence-electron chi connectivity index (χ1n) is 12.0. The average Bonchev–Trinajstić information content (AvgIpc) is 3.20. The molecule has 0 amide bonds. The Morgan fingerprint density at radius 2 is 1.54 bits per heavy atom. The lowest BCUT2D eigenvalue weighted by molar-refractivity contribution is 0.620. The molecule has 3 aromatic heterocycles. The number of aryl methyl sites for hydroxylation is 3. The standard InChI is InChI=1S/C29H25N5O/c1-3-24-32-27-25(29(35)33(24)17-16-20-11-5-4-6-12-20)26-28(31-23-15-8-7-14-22(23)30-26)34(27)21-13-9-10-19(2)18-21/h4-15,18H,3,16-17H2,1-2H3. The maximum absolute atomic E-state index is 14.0. The molecule has 35 heavy (non-hydrogen) atoms. The lowest BCUT2D eigenvalue weighted by atomic mass is 10.1. The first-order valence-corrected chi connectivity index (χ1v) is 12.0. The van der Waals surface area contributed by atoms with Gasteiger partial charge in [-0.3, -0.25) is 13.9 Å². The average molecular weight is 460 g/mol. The third-order valence-electron chi connectivity index (χ3n) is 6.48. The second-order valence-electron chi connectivity index (χ2n) is 8.83. The highest BCUT2D eigenvalue weighted by Gasteiger charge is 2.22. The molecule has 0 aliphatic heterocycles. The van der Waals surface area contributed by atoms with Crippen molar-refractivity contribution in [2.24, 2.45) is 0 Å². The predicted molar refractivity (Wildman–Crippen MR) is 140 cm³/mol. The van der Waals surface area contributed by atoms with Crippen molar-refractivity contribution < 1.29 is 0 Å². The number of hydrogen-bond acceptors (Lipinski definition) is 4. The van der Waals surface area contributed by atoms with Gasteiger partial charge >= 0.3 is 0 Å². The number of fused-ring (bicyclic) bond motifs is 4. The maximum Gasteiger partial charge on any atom is 0.265 e. The molecule has 0 saturated heterocycles. The third-order valence-corrected chi connectivity index (χ3v) is 6.48. The Morgan fingerprint density at radius 1 is 0.800 bits per heavy atom. The molecule has 0 aliphatic carbocycles. The van der Waals surface area contributed by atoms with E-state index in [1.54, 1.807) is 0 Å². The highest BCUT2D eigenvalue weighted by Crippen LogP contribution is 2.29. The van der Waals surface area contributed by atoms with Crippen LogP contribution < -0.4 is 5.56 Å². The van der Waals surface area contributed by atoms with E-state index in [9.17, 15) is 4.79 Å². The summed E-state index contributed by atoms with van der Waals surface area (Å²) in [4.78, 5) is 28.9. The summed E-state index contributed by atoms with van der Waals surface area (Å²) in [7, 11) is 0. The Balaban J connectivity index is 1.67. The Kier molecular flexibility index (Phi) is 5.14. The first-order chi connectivity index (χ1) is 17.1. The van der Waals surface area contributed by atoms with Gasteiger partial charge in [-0.2, -0.15) is 0 Å². The zero-order chi connectivity index (χ0) is 23.9. The van der Waals surface area contributed by atoms with E-state index in [1.807, 2.05) is 70.7 Å². The summed E-state index contributed by atoms with van der Waals surface area (Å²) in [6, 6.07) is 26.2. The molecule has 0 atom stereocenters. The van der Waals surface area contributed by atoms with Crippen LogP contribution in [0.3, 0.4) is 0 Å². The summed E-state index contributed by atoms with van der Waals surface area (Å²) in [6.07, 6.45) is 1.41. The lowest BCUT2D eigenvalue weighted by Gasteiger charge is -2.13.